The van der Waals surface area contributed by atoms with Crippen LogP contribution in [0.25, 0.3) is 0 Å². The topological polar surface area (TPSA) is 44.9 Å². The summed E-state index contributed by atoms with van der Waals surface area (Å²) in [5, 5.41) is 12.9. The van der Waals surface area contributed by atoms with Crippen LogP contribution in [-0.4, -0.2) is 34.3 Å². The van der Waals surface area contributed by atoms with Gasteiger partial charge in [0.1, 0.15) is 0 Å². The highest BCUT2D eigenvalue weighted by atomic mass is 15.3. The second-order valence-corrected chi connectivity index (χ2v) is 4.12. The lowest BCUT2D eigenvalue weighted by Crippen LogP contribution is -2.30. The Balaban J connectivity index is 2.40. The molecular formula is C12H20N4. The smallest absolute Gasteiger partial charge is 0.0666 e. The minimum atomic E-state index is 0.103. The molecule has 0 aliphatic heterocycles. The zero-order valence-corrected chi connectivity index (χ0v) is 10.3. The molecule has 0 aliphatic rings. The average molecular weight is 220 g/mol. The van der Waals surface area contributed by atoms with E-state index in [1.165, 1.54) is 5.69 Å². The Morgan fingerprint density at radius 3 is 2.88 bits per heavy atom. The monoisotopic (exact) mass is 220 g/mol. The third-order valence-electron chi connectivity index (χ3n) is 2.81. The van der Waals surface area contributed by atoms with Gasteiger partial charge in [-0.3, -0.25) is 4.68 Å². The van der Waals surface area contributed by atoms with Gasteiger partial charge in [-0.1, -0.05) is 6.92 Å². The molecule has 1 rings (SSSR count). The summed E-state index contributed by atoms with van der Waals surface area (Å²) in [6, 6.07) is 4.32. The fraction of sp³-hybridized carbons (Fsp3) is 0.667. The van der Waals surface area contributed by atoms with Crippen molar-refractivity contribution < 1.29 is 0 Å². The first-order valence-corrected chi connectivity index (χ1v) is 5.76. The van der Waals surface area contributed by atoms with E-state index in [4.69, 9.17) is 5.26 Å². The molecule has 1 heterocycles. The molecule has 0 N–H and O–H groups in total. The van der Waals surface area contributed by atoms with Gasteiger partial charge in [-0.25, -0.2) is 0 Å². The van der Waals surface area contributed by atoms with E-state index in [-0.39, 0.29) is 5.92 Å². The maximum absolute atomic E-state index is 8.78. The SMILES string of the molecule is CCN(CCc1ccnn1C)CC(C)C#N. The highest BCUT2D eigenvalue weighted by Gasteiger charge is 2.08. The van der Waals surface area contributed by atoms with E-state index in [1.807, 2.05) is 30.9 Å². The van der Waals surface area contributed by atoms with Gasteiger partial charge in [0.2, 0.25) is 0 Å². The molecule has 0 radical (unpaired) electrons. The van der Waals surface area contributed by atoms with Gasteiger partial charge in [0.15, 0.2) is 0 Å². The van der Waals surface area contributed by atoms with Crippen LogP contribution < -0.4 is 0 Å². The second-order valence-electron chi connectivity index (χ2n) is 4.12. The van der Waals surface area contributed by atoms with E-state index in [1.54, 1.807) is 0 Å². The van der Waals surface area contributed by atoms with Crippen molar-refractivity contribution in [1.82, 2.24) is 14.7 Å². The van der Waals surface area contributed by atoms with Crippen LogP contribution in [0, 0.1) is 17.2 Å². The van der Waals surface area contributed by atoms with Gasteiger partial charge in [-0.2, -0.15) is 10.4 Å². The first kappa shape index (κ1) is 12.7. The summed E-state index contributed by atoms with van der Waals surface area (Å²) in [6.07, 6.45) is 2.81. The van der Waals surface area contributed by atoms with Gasteiger partial charge in [0.05, 0.1) is 12.0 Å². The molecule has 0 saturated carbocycles. The number of nitriles is 1. The van der Waals surface area contributed by atoms with Crippen LogP contribution in [0.3, 0.4) is 0 Å². The Morgan fingerprint density at radius 2 is 2.38 bits per heavy atom. The summed E-state index contributed by atoms with van der Waals surface area (Å²) in [4.78, 5) is 2.31. The third kappa shape index (κ3) is 3.67. The molecule has 0 spiro atoms. The van der Waals surface area contributed by atoms with Crippen molar-refractivity contribution in [3.05, 3.63) is 18.0 Å². The Bertz CT molecular complexity index is 350. The number of hydrogen-bond acceptors (Lipinski definition) is 3. The van der Waals surface area contributed by atoms with E-state index in [0.29, 0.717) is 0 Å². The Hall–Kier alpha value is -1.34. The molecule has 0 bridgehead atoms. The lowest BCUT2D eigenvalue weighted by atomic mass is 10.2. The van der Waals surface area contributed by atoms with Crippen LogP contribution in [0.15, 0.2) is 12.3 Å². The van der Waals surface area contributed by atoms with Gasteiger partial charge in [-0.05, 0) is 19.5 Å². The van der Waals surface area contributed by atoms with Gasteiger partial charge in [0, 0.05) is 38.4 Å². The number of rotatable bonds is 6. The van der Waals surface area contributed by atoms with E-state index in [9.17, 15) is 0 Å². The van der Waals surface area contributed by atoms with Crippen molar-refractivity contribution in [2.75, 3.05) is 19.6 Å². The summed E-state index contributed by atoms with van der Waals surface area (Å²) in [6.45, 7) is 6.93. The van der Waals surface area contributed by atoms with Crippen molar-refractivity contribution in [2.24, 2.45) is 13.0 Å². The average Bonchev–Trinajstić information content (AvgIpc) is 2.69. The molecule has 0 fully saturated rings. The van der Waals surface area contributed by atoms with Crippen LogP contribution in [0.4, 0.5) is 0 Å². The highest BCUT2D eigenvalue weighted by Crippen LogP contribution is 2.03. The van der Waals surface area contributed by atoms with Crippen molar-refractivity contribution >= 4 is 0 Å². The molecule has 1 unspecified atom stereocenters. The first-order chi connectivity index (χ1) is 7.67. The Kier molecular flexibility index (Phi) is 5.00. The predicted molar refractivity (Wildman–Crippen MR) is 63.8 cm³/mol. The molecule has 88 valence electrons. The van der Waals surface area contributed by atoms with Crippen LogP contribution in [0.1, 0.15) is 19.5 Å². The fourth-order valence-electron chi connectivity index (χ4n) is 1.73. The lowest BCUT2D eigenvalue weighted by molar-refractivity contribution is 0.270. The van der Waals surface area contributed by atoms with Gasteiger partial charge >= 0.3 is 0 Å². The fourth-order valence-corrected chi connectivity index (χ4v) is 1.73. The van der Waals surface area contributed by atoms with Gasteiger partial charge in [0.25, 0.3) is 0 Å². The molecule has 1 aromatic heterocycles. The highest BCUT2D eigenvalue weighted by molar-refractivity contribution is 5.00. The molecule has 4 heteroatoms. The van der Waals surface area contributed by atoms with Gasteiger partial charge < -0.3 is 4.90 Å². The van der Waals surface area contributed by atoms with Gasteiger partial charge in [-0.15, -0.1) is 0 Å². The standard InChI is InChI=1S/C12H20N4/c1-4-16(10-11(2)9-13)8-6-12-5-7-14-15(12)3/h5,7,11H,4,6,8,10H2,1-3H3. The lowest BCUT2D eigenvalue weighted by Gasteiger charge is -2.21. The van der Waals surface area contributed by atoms with E-state index in [2.05, 4.69) is 23.0 Å². The van der Waals surface area contributed by atoms with E-state index < -0.39 is 0 Å². The number of aromatic nitrogens is 2. The molecule has 0 aliphatic carbocycles. The van der Waals surface area contributed by atoms with Crippen LogP contribution in [-0.2, 0) is 13.5 Å². The summed E-state index contributed by atoms with van der Waals surface area (Å²) in [7, 11) is 1.96. The molecule has 4 nitrogen and oxygen atoms in total. The Morgan fingerprint density at radius 1 is 1.62 bits per heavy atom. The zero-order valence-electron chi connectivity index (χ0n) is 10.3. The predicted octanol–water partition coefficient (Wildman–Crippen LogP) is 1.44. The maximum Gasteiger partial charge on any atom is 0.0666 e. The van der Waals surface area contributed by atoms with E-state index >= 15 is 0 Å². The molecular weight excluding hydrogens is 200 g/mol. The zero-order chi connectivity index (χ0) is 12.0. The second kappa shape index (κ2) is 6.29. The summed E-state index contributed by atoms with van der Waals surface area (Å²) >= 11 is 0. The summed E-state index contributed by atoms with van der Waals surface area (Å²) in [5.74, 6) is 0.103. The largest absolute Gasteiger partial charge is 0.302 e. The molecule has 1 aromatic rings. The van der Waals surface area contributed by atoms with Crippen molar-refractivity contribution in [2.45, 2.75) is 20.3 Å². The Labute approximate surface area is 97.5 Å². The van der Waals surface area contributed by atoms with Crippen LogP contribution in [0.5, 0.6) is 0 Å². The first-order valence-electron chi connectivity index (χ1n) is 5.76. The van der Waals surface area contributed by atoms with Crippen molar-refractivity contribution in [1.29, 1.82) is 5.26 Å². The van der Waals surface area contributed by atoms with Crippen LogP contribution >= 0.6 is 0 Å². The maximum atomic E-state index is 8.78. The van der Waals surface area contributed by atoms with E-state index in [0.717, 1.165) is 26.1 Å². The molecule has 1 atom stereocenters. The molecule has 0 aromatic carbocycles. The third-order valence-corrected chi connectivity index (χ3v) is 2.81. The number of hydrogen-bond donors (Lipinski definition) is 0. The quantitative estimate of drug-likeness (QED) is 0.728. The summed E-state index contributed by atoms with van der Waals surface area (Å²) in [5.41, 5.74) is 1.24. The van der Waals surface area contributed by atoms with Crippen LogP contribution in [0.2, 0.25) is 0 Å². The minimum Gasteiger partial charge on any atom is -0.302 e. The normalized spacial score (nSPS) is 12.7. The molecule has 16 heavy (non-hydrogen) atoms. The van der Waals surface area contributed by atoms with Crippen molar-refractivity contribution in [3.63, 3.8) is 0 Å². The number of nitrogens with zero attached hydrogens (tertiary/aromatic N) is 4. The summed E-state index contributed by atoms with van der Waals surface area (Å²) < 4.78 is 1.90. The number of aryl methyl sites for hydroxylation is 1. The molecule has 0 amide bonds. The van der Waals surface area contributed by atoms with Crippen molar-refractivity contribution in [3.8, 4) is 6.07 Å². The number of likely N-dealkylation sites (N-methyl/N-ethyl adjacent to an activating group) is 1. The minimum absolute atomic E-state index is 0.103. The molecule has 0 saturated heterocycles.